The fourth-order valence-corrected chi connectivity index (χ4v) is 3.27. The van der Waals surface area contributed by atoms with Crippen molar-refractivity contribution >= 4 is 17.7 Å². The predicted octanol–water partition coefficient (Wildman–Crippen LogP) is 3.12. The second kappa shape index (κ2) is 8.02. The second-order valence-corrected chi connectivity index (χ2v) is 6.45. The molecule has 1 aromatic carbocycles. The first-order valence-corrected chi connectivity index (χ1v) is 9.08. The highest BCUT2D eigenvalue weighted by Crippen LogP contribution is 2.27. The van der Waals surface area contributed by atoms with Gasteiger partial charge >= 0.3 is 0 Å². The molecule has 0 spiro atoms. The number of nitrogens with zero attached hydrogens (tertiary/aromatic N) is 3. The van der Waals surface area contributed by atoms with E-state index in [0.29, 0.717) is 24.0 Å². The normalized spacial score (nSPS) is 10.8. The van der Waals surface area contributed by atoms with Crippen LogP contribution in [0.4, 0.5) is 0 Å². The average molecular weight is 356 g/mol. The molecule has 0 saturated carbocycles. The zero-order chi connectivity index (χ0) is 17.6. The van der Waals surface area contributed by atoms with E-state index >= 15 is 0 Å². The summed E-state index contributed by atoms with van der Waals surface area (Å²) in [5.74, 6) is 1.84. The lowest BCUT2D eigenvalue weighted by Gasteiger charge is -2.10. The molecule has 3 rings (SSSR count). The number of aryl methyl sites for hydroxylation is 1. The minimum absolute atomic E-state index is 0.0113. The molecule has 3 aromatic rings. The van der Waals surface area contributed by atoms with Crippen LogP contribution in [0.25, 0.3) is 11.4 Å². The number of hydrogen-bond acceptors (Lipinski definition) is 5. The Bertz CT molecular complexity index is 842. The van der Waals surface area contributed by atoms with Crippen LogP contribution in [0.2, 0.25) is 0 Å². The maximum atomic E-state index is 11.8. The van der Waals surface area contributed by atoms with Gasteiger partial charge in [-0.1, -0.05) is 42.1 Å². The fourth-order valence-electron chi connectivity index (χ4n) is 2.50. The number of nitrogens with one attached hydrogen (secondary N) is 1. The van der Waals surface area contributed by atoms with E-state index in [1.54, 1.807) is 6.26 Å². The molecule has 1 N–H and O–H groups in total. The third kappa shape index (κ3) is 4.11. The summed E-state index contributed by atoms with van der Waals surface area (Å²) in [4.78, 5) is 11.8. The molecule has 2 heterocycles. The van der Waals surface area contributed by atoms with Crippen LogP contribution in [-0.4, -0.2) is 33.0 Å². The number of hydrogen-bond donors (Lipinski definition) is 1. The molecule has 0 radical (unpaired) electrons. The van der Waals surface area contributed by atoms with Crippen LogP contribution >= 0.6 is 11.8 Å². The second-order valence-electron chi connectivity index (χ2n) is 5.51. The molecule has 25 heavy (non-hydrogen) atoms. The summed E-state index contributed by atoms with van der Waals surface area (Å²) >= 11 is 1.39. The standard InChI is InChI=1S/C18H20N4O2S/c1-3-19-16(23)12-25-18-21-20-17(15-9-10-24-13(15)2)22(18)11-14-7-5-4-6-8-14/h4-10H,3,11-12H2,1-2H3,(H,19,23). The van der Waals surface area contributed by atoms with Crippen molar-refractivity contribution in [2.24, 2.45) is 0 Å². The number of thioether (sulfide) groups is 1. The molecule has 0 aliphatic carbocycles. The molecule has 0 unspecified atom stereocenters. The van der Waals surface area contributed by atoms with Crippen molar-refractivity contribution in [3.05, 3.63) is 54.0 Å². The van der Waals surface area contributed by atoms with Crippen LogP contribution in [0.1, 0.15) is 18.2 Å². The molecular weight excluding hydrogens is 336 g/mol. The summed E-state index contributed by atoms with van der Waals surface area (Å²) in [6.07, 6.45) is 1.65. The first-order chi connectivity index (χ1) is 12.2. The van der Waals surface area contributed by atoms with Crippen molar-refractivity contribution in [3.63, 3.8) is 0 Å². The van der Waals surface area contributed by atoms with Crippen LogP contribution in [0.15, 0.2) is 52.2 Å². The van der Waals surface area contributed by atoms with E-state index in [1.807, 2.05) is 42.7 Å². The summed E-state index contributed by atoms with van der Waals surface area (Å²) in [7, 11) is 0. The Hall–Kier alpha value is -2.54. The Balaban J connectivity index is 1.91. The fraction of sp³-hybridized carbons (Fsp3) is 0.278. The van der Waals surface area contributed by atoms with Gasteiger partial charge in [-0.3, -0.25) is 9.36 Å². The Morgan fingerprint density at radius 2 is 2.04 bits per heavy atom. The van der Waals surface area contributed by atoms with Gasteiger partial charge in [-0.15, -0.1) is 10.2 Å². The van der Waals surface area contributed by atoms with Crippen LogP contribution in [0.5, 0.6) is 0 Å². The number of amides is 1. The number of benzene rings is 1. The highest BCUT2D eigenvalue weighted by Gasteiger charge is 2.18. The molecule has 0 bridgehead atoms. The first-order valence-electron chi connectivity index (χ1n) is 8.10. The molecular formula is C18H20N4O2S. The van der Waals surface area contributed by atoms with Crippen LogP contribution in [-0.2, 0) is 11.3 Å². The highest BCUT2D eigenvalue weighted by atomic mass is 32.2. The topological polar surface area (TPSA) is 73.0 Å². The maximum Gasteiger partial charge on any atom is 0.230 e. The first kappa shape index (κ1) is 17.3. The van der Waals surface area contributed by atoms with Gasteiger partial charge in [0.05, 0.1) is 24.1 Å². The summed E-state index contributed by atoms with van der Waals surface area (Å²) in [6.45, 7) is 5.06. The summed E-state index contributed by atoms with van der Waals surface area (Å²) < 4.78 is 7.44. The average Bonchev–Trinajstić information content (AvgIpc) is 3.20. The number of furan rings is 1. The quantitative estimate of drug-likeness (QED) is 0.659. The summed E-state index contributed by atoms with van der Waals surface area (Å²) in [5, 5.41) is 12.1. The molecule has 0 aliphatic heterocycles. The largest absolute Gasteiger partial charge is 0.469 e. The maximum absolute atomic E-state index is 11.8. The van der Waals surface area contributed by atoms with E-state index in [2.05, 4.69) is 27.6 Å². The van der Waals surface area contributed by atoms with Gasteiger partial charge in [0.2, 0.25) is 5.91 Å². The van der Waals surface area contributed by atoms with Gasteiger partial charge in [-0.2, -0.15) is 0 Å². The Morgan fingerprint density at radius 1 is 1.24 bits per heavy atom. The zero-order valence-corrected chi connectivity index (χ0v) is 15.0. The Kier molecular flexibility index (Phi) is 5.55. The lowest BCUT2D eigenvalue weighted by atomic mass is 10.2. The van der Waals surface area contributed by atoms with E-state index in [1.165, 1.54) is 11.8 Å². The molecule has 0 atom stereocenters. The SMILES string of the molecule is CCNC(=O)CSc1nnc(-c2ccoc2C)n1Cc1ccccc1. The Labute approximate surface area is 150 Å². The number of carbonyl (C=O) groups is 1. The summed E-state index contributed by atoms with van der Waals surface area (Å²) in [6, 6.07) is 12.0. The van der Waals surface area contributed by atoms with E-state index in [0.717, 1.165) is 22.7 Å². The van der Waals surface area contributed by atoms with Gasteiger partial charge in [0.15, 0.2) is 11.0 Å². The smallest absolute Gasteiger partial charge is 0.230 e. The molecule has 0 fully saturated rings. The van der Waals surface area contributed by atoms with E-state index < -0.39 is 0 Å². The minimum atomic E-state index is -0.0113. The minimum Gasteiger partial charge on any atom is -0.469 e. The van der Waals surface area contributed by atoms with Gasteiger partial charge in [-0.25, -0.2) is 0 Å². The van der Waals surface area contributed by atoms with Crippen molar-refractivity contribution in [2.45, 2.75) is 25.5 Å². The number of carbonyl (C=O) groups excluding carboxylic acids is 1. The monoisotopic (exact) mass is 356 g/mol. The molecule has 0 aliphatic rings. The van der Waals surface area contributed by atoms with Crippen molar-refractivity contribution in [1.29, 1.82) is 0 Å². The third-order valence-corrected chi connectivity index (χ3v) is 4.67. The Morgan fingerprint density at radius 3 is 2.72 bits per heavy atom. The predicted molar refractivity (Wildman–Crippen MR) is 97.4 cm³/mol. The van der Waals surface area contributed by atoms with E-state index in [9.17, 15) is 4.79 Å². The zero-order valence-electron chi connectivity index (χ0n) is 14.2. The lowest BCUT2D eigenvalue weighted by Crippen LogP contribution is -2.24. The molecule has 130 valence electrons. The van der Waals surface area contributed by atoms with E-state index in [4.69, 9.17) is 4.42 Å². The van der Waals surface area contributed by atoms with Crippen molar-refractivity contribution in [2.75, 3.05) is 12.3 Å². The molecule has 0 saturated heterocycles. The van der Waals surface area contributed by atoms with Crippen molar-refractivity contribution in [3.8, 4) is 11.4 Å². The third-order valence-electron chi connectivity index (χ3n) is 3.71. The number of rotatable bonds is 7. The summed E-state index contributed by atoms with van der Waals surface area (Å²) in [5.41, 5.74) is 2.05. The van der Waals surface area contributed by atoms with Crippen molar-refractivity contribution < 1.29 is 9.21 Å². The van der Waals surface area contributed by atoms with Gasteiger partial charge < -0.3 is 9.73 Å². The van der Waals surface area contributed by atoms with Gasteiger partial charge in [-0.05, 0) is 25.5 Å². The van der Waals surface area contributed by atoms with Crippen LogP contribution in [0, 0.1) is 6.92 Å². The number of aromatic nitrogens is 3. The van der Waals surface area contributed by atoms with Gasteiger partial charge in [0.1, 0.15) is 5.76 Å². The van der Waals surface area contributed by atoms with E-state index in [-0.39, 0.29) is 5.91 Å². The van der Waals surface area contributed by atoms with Gasteiger partial charge in [0.25, 0.3) is 0 Å². The lowest BCUT2D eigenvalue weighted by molar-refractivity contribution is -0.118. The van der Waals surface area contributed by atoms with Gasteiger partial charge in [0, 0.05) is 6.54 Å². The van der Waals surface area contributed by atoms with Crippen LogP contribution < -0.4 is 5.32 Å². The molecule has 7 heteroatoms. The molecule has 1 amide bonds. The van der Waals surface area contributed by atoms with Crippen LogP contribution in [0.3, 0.4) is 0 Å². The highest BCUT2D eigenvalue weighted by molar-refractivity contribution is 7.99. The molecule has 6 nitrogen and oxygen atoms in total. The van der Waals surface area contributed by atoms with Crippen molar-refractivity contribution in [1.82, 2.24) is 20.1 Å². The molecule has 2 aromatic heterocycles.